The van der Waals surface area contributed by atoms with E-state index in [2.05, 4.69) is 46.3 Å². The minimum atomic E-state index is -0.306. The number of rotatable bonds is 8. The number of fused-ring (bicyclic) bond motifs is 1. The number of hydrogen-bond donors (Lipinski definition) is 1. The lowest BCUT2D eigenvalue weighted by Gasteiger charge is -2.10. The summed E-state index contributed by atoms with van der Waals surface area (Å²) < 4.78 is 8.39. The molecule has 0 bridgehead atoms. The summed E-state index contributed by atoms with van der Waals surface area (Å²) in [6.07, 6.45) is 1.71. The van der Waals surface area contributed by atoms with Gasteiger partial charge in [-0.2, -0.15) is 5.10 Å². The molecule has 0 aliphatic carbocycles. The zero-order valence-electron chi connectivity index (χ0n) is 19.8. The molecule has 1 fully saturated rings. The predicted molar refractivity (Wildman–Crippen MR) is 153 cm³/mol. The zero-order valence-corrected chi connectivity index (χ0v) is 22.2. The number of benzene rings is 3. The van der Waals surface area contributed by atoms with Crippen molar-refractivity contribution in [3.63, 3.8) is 0 Å². The number of nitrogens with one attached hydrogen (secondary N) is 1. The Morgan fingerprint density at radius 3 is 2.56 bits per heavy atom. The van der Waals surface area contributed by atoms with Crippen molar-refractivity contribution in [1.82, 2.24) is 9.99 Å². The number of amides is 1. The summed E-state index contributed by atoms with van der Waals surface area (Å²) in [6.45, 7) is 2.68. The fraction of sp³-hybridized carbons (Fsp3) is 0.214. The number of hydrazone groups is 1. The van der Waals surface area contributed by atoms with Gasteiger partial charge >= 0.3 is 0 Å². The molecule has 3 aromatic carbocycles. The maximum absolute atomic E-state index is 12.3. The molecule has 1 saturated heterocycles. The fourth-order valence-corrected chi connectivity index (χ4v) is 7.20. The van der Waals surface area contributed by atoms with Crippen molar-refractivity contribution in [3.05, 3.63) is 100 Å². The fourth-order valence-electron chi connectivity index (χ4n) is 4.22. The van der Waals surface area contributed by atoms with E-state index >= 15 is 0 Å². The molecule has 4 aromatic rings. The van der Waals surface area contributed by atoms with Crippen LogP contribution in [-0.4, -0.2) is 34.8 Å². The van der Waals surface area contributed by atoms with E-state index in [1.807, 2.05) is 72.1 Å². The summed E-state index contributed by atoms with van der Waals surface area (Å²) >= 11 is 9.98. The number of para-hydroxylation sites is 1. The summed E-state index contributed by atoms with van der Waals surface area (Å²) in [5, 5.41) is 6.02. The van der Waals surface area contributed by atoms with Crippen LogP contribution in [0, 0.1) is 6.92 Å². The smallest absolute Gasteiger partial charge is 0.277 e. The van der Waals surface area contributed by atoms with Crippen LogP contribution in [0.4, 0.5) is 0 Å². The number of ether oxygens (including phenoxy) is 1. The van der Waals surface area contributed by atoms with Crippen LogP contribution in [0.3, 0.4) is 0 Å². The van der Waals surface area contributed by atoms with Gasteiger partial charge in [0.1, 0.15) is 5.75 Å². The Labute approximate surface area is 224 Å². The standard InChI is InChI=1S/C28H26ClN3O2S2/c1-19-25(24-4-2-3-5-26(24)32(19)17-20-6-10-22(29)11-7-20)16-30-31-27(33)18-34-23-12-8-21(9-13-23)28-35-14-15-36-28/h2-13,16,28H,14-15,17-18H2,1H3,(H,31,33)/b30-16-. The molecule has 0 atom stereocenters. The molecule has 1 aromatic heterocycles. The molecule has 0 spiro atoms. The molecule has 0 saturated carbocycles. The quantitative estimate of drug-likeness (QED) is 0.202. The summed E-state index contributed by atoms with van der Waals surface area (Å²) in [4.78, 5) is 12.3. The van der Waals surface area contributed by atoms with Gasteiger partial charge in [-0.3, -0.25) is 4.79 Å². The first-order chi connectivity index (χ1) is 17.6. The second kappa shape index (κ2) is 11.5. The highest BCUT2D eigenvalue weighted by molar-refractivity contribution is 8.19. The first-order valence-electron chi connectivity index (χ1n) is 11.7. The molecule has 5 nitrogen and oxygen atoms in total. The van der Waals surface area contributed by atoms with Crippen molar-refractivity contribution in [3.8, 4) is 5.75 Å². The van der Waals surface area contributed by atoms with E-state index in [4.69, 9.17) is 16.3 Å². The summed E-state index contributed by atoms with van der Waals surface area (Å²) in [7, 11) is 0. The molecular weight excluding hydrogens is 510 g/mol. The van der Waals surface area contributed by atoms with Gasteiger partial charge in [0.2, 0.25) is 0 Å². The van der Waals surface area contributed by atoms with E-state index in [0.29, 0.717) is 16.9 Å². The minimum absolute atomic E-state index is 0.0963. The SMILES string of the molecule is Cc1c(/C=N\NC(=O)COc2ccc(C3SCCS3)cc2)c2ccccc2n1Cc1ccc(Cl)cc1. The highest BCUT2D eigenvalue weighted by Gasteiger charge is 2.18. The number of hydrogen-bond acceptors (Lipinski definition) is 5. The van der Waals surface area contributed by atoms with Gasteiger partial charge in [0.25, 0.3) is 5.91 Å². The third-order valence-electron chi connectivity index (χ3n) is 6.06. The second-order valence-corrected chi connectivity index (χ2v) is 11.6. The summed E-state index contributed by atoms with van der Waals surface area (Å²) in [6, 6.07) is 24.1. The van der Waals surface area contributed by atoms with Crippen molar-refractivity contribution in [2.75, 3.05) is 18.1 Å². The number of nitrogens with zero attached hydrogens (tertiary/aromatic N) is 2. The molecular formula is C28H26ClN3O2S2. The van der Waals surface area contributed by atoms with Crippen LogP contribution in [0.1, 0.15) is 27.0 Å². The van der Waals surface area contributed by atoms with E-state index in [-0.39, 0.29) is 12.5 Å². The maximum Gasteiger partial charge on any atom is 0.277 e. The number of aromatic nitrogens is 1. The number of carbonyl (C=O) groups is 1. The summed E-state index contributed by atoms with van der Waals surface area (Å²) in [5.74, 6) is 2.75. The maximum atomic E-state index is 12.3. The highest BCUT2D eigenvalue weighted by Crippen LogP contribution is 2.45. The van der Waals surface area contributed by atoms with E-state index in [1.54, 1.807) is 6.21 Å². The van der Waals surface area contributed by atoms with Gasteiger partial charge in [0.15, 0.2) is 6.61 Å². The number of carbonyl (C=O) groups excluding carboxylic acids is 1. The van der Waals surface area contributed by atoms with Crippen molar-refractivity contribution >= 4 is 58.1 Å². The van der Waals surface area contributed by atoms with Crippen molar-refractivity contribution in [1.29, 1.82) is 0 Å². The second-order valence-electron chi connectivity index (χ2n) is 8.45. The molecule has 36 heavy (non-hydrogen) atoms. The lowest BCUT2D eigenvalue weighted by Crippen LogP contribution is -2.24. The van der Waals surface area contributed by atoms with Gasteiger partial charge in [-0.05, 0) is 48.4 Å². The Bertz CT molecular complexity index is 1380. The Morgan fingerprint density at radius 2 is 1.81 bits per heavy atom. The van der Waals surface area contributed by atoms with Crippen LogP contribution >= 0.6 is 35.1 Å². The lowest BCUT2D eigenvalue weighted by atomic mass is 10.1. The van der Waals surface area contributed by atoms with Crippen LogP contribution in [0.2, 0.25) is 5.02 Å². The largest absolute Gasteiger partial charge is 0.484 e. The van der Waals surface area contributed by atoms with E-state index in [1.165, 1.54) is 17.1 Å². The summed E-state index contributed by atoms with van der Waals surface area (Å²) in [5.41, 5.74) is 8.18. The first-order valence-corrected chi connectivity index (χ1v) is 14.2. The van der Waals surface area contributed by atoms with Gasteiger partial charge < -0.3 is 9.30 Å². The molecule has 5 rings (SSSR count). The predicted octanol–water partition coefficient (Wildman–Crippen LogP) is 6.66. The Morgan fingerprint density at radius 1 is 1.08 bits per heavy atom. The molecule has 1 amide bonds. The van der Waals surface area contributed by atoms with E-state index < -0.39 is 0 Å². The lowest BCUT2D eigenvalue weighted by molar-refractivity contribution is -0.123. The Kier molecular flexibility index (Phi) is 7.90. The van der Waals surface area contributed by atoms with Gasteiger partial charge in [-0.15, -0.1) is 23.5 Å². The van der Waals surface area contributed by atoms with Crippen molar-refractivity contribution in [2.45, 2.75) is 18.1 Å². The molecule has 184 valence electrons. The third kappa shape index (κ3) is 5.75. The number of thioether (sulfide) groups is 2. The van der Waals surface area contributed by atoms with Gasteiger partial charge in [-0.1, -0.05) is 54.1 Å². The molecule has 8 heteroatoms. The van der Waals surface area contributed by atoms with E-state index in [9.17, 15) is 4.79 Å². The van der Waals surface area contributed by atoms with Gasteiger partial charge in [0.05, 0.1) is 10.8 Å². The highest BCUT2D eigenvalue weighted by atomic mass is 35.5. The van der Waals surface area contributed by atoms with Crippen LogP contribution < -0.4 is 10.2 Å². The first kappa shape index (κ1) is 24.8. The molecule has 0 unspecified atom stereocenters. The van der Waals surface area contributed by atoms with Gasteiger partial charge in [0, 0.05) is 45.2 Å². The normalized spacial score (nSPS) is 14.1. The third-order valence-corrected chi connectivity index (χ3v) is 9.42. The van der Waals surface area contributed by atoms with Gasteiger partial charge in [-0.25, -0.2) is 5.43 Å². The van der Waals surface area contributed by atoms with Crippen LogP contribution in [0.25, 0.3) is 10.9 Å². The average molecular weight is 536 g/mol. The number of halogens is 1. The average Bonchev–Trinajstić information content (AvgIpc) is 3.53. The molecule has 1 aliphatic heterocycles. The van der Waals surface area contributed by atoms with Crippen molar-refractivity contribution < 1.29 is 9.53 Å². The zero-order chi connectivity index (χ0) is 24.9. The molecule has 1 aliphatic rings. The van der Waals surface area contributed by atoms with Crippen LogP contribution in [0.15, 0.2) is 77.9 Å². The molecule has 2 heterocycles. The van der Waals surface area contributed by atoms with Crippen molar-refractivity contribution in [2.24, 2.45) is 5.10 Å². The Hall–Kier alpha value is -2.87. The van der Waals surface area contributed by atoms with Crippen LogP contribution in [-0.2, 0) is 11.3 Å². The molecule has 1 N–H and O–H groups in total. The van der Waals surface area contributed by atoms with E-state index in [0.717, 1.165) is 32.7 Å². The Balaban J connectivity index is 1.22. The van der Waals surface area contributed by atoms with Crippen LogP contribution in [0.5, 0.6) is 5.75 Å². The topological polar surface area (TPSA) is 55.6 Å². The monoisotopic (exact) mass is 535 g/mol. The molecule has 0 radical (unpaired) electrons. The minimum Gasteiger partial charge on any atom is -0.484 e.